The number of nitrogens with one attached hydrogen (secondary N) is 5. The van der Waals surface area contributed by atoms with Crippen LogP contribution in [0, 0.1) is 33.5 Å². The quantitative estimate of drug-likeness (QED) is 0.216. The average Bonchev–Trinajstić information content (AvgIpc) is 3.72. The van der Waals surface area contributed by atoms with Crippen LogP contribution in [0.25, 0.3) is 10.9 Å². The van der Waals surface area contributed by atoms with Crippen molar-refractivity contribution in [3.8, 4) is 0 Å². The van der Waals surface area contributed by atoms with Crippen LogP contribution in [-0.4, -0.2) is 109 Å². The van der Waals surface area contributed by atoms with Crippen LogP contribution in [0.15, 0.2) is 35.4 Å². The SMILES string of the molecule is CC[C@@H]1C[C@]1(NC(=O)[C@@H]1C[C@@]2(CN1C(=O)[C@@H](NC(=O)N[C@H](C(=O)N1CCOCC1)C1CCCCC1)C(C)(C)C)C(C)(C)C21CCC1)C(=O)NS(=O)(=O)c1cccc2cc[nH]c12. The minimum atomic E-state index is -4.33. The number of rotatable bonds is 11. The molecule has 8 rings (SSSR count). The Labute approximate surface area is 359 Å². The molecular formula is C45H65N7O8S. The van der Waals surface area contributed by atoms with E-state index in [2.05, 4.69) is 39.5 Å². The van der Waals surface area contributed by atoms with Crippen molar-refractivity contribution in [3.63, 3.8) is 0 Å². The van der Waals surface area contributed by atoms with Gasteiger partial charge in [-0.05, 0) is 78.7 Å². The van der Waals surface area contributed by atoms with Gasteiger partial charge in [0.05, 0.1) is 18.7 Å². The monoisotopic (exact) mass is 863 g/mol. The van der Waals surface area contributed by atoms with Gasteiger partial charge in [0.1, 0.15) is 28.6 Å². The van der Waals surface area contributed by atoms with Gasteiger partial charge in [-0.3, -0.25) is 19.2 Å². The predicted octanol–water partition coefficient (Wildman–Crippen LogP) is 4.58. The summed E-state index contributed by atoms with van der Waals surface area (Å²) in [6.07, 6.45) is 10.5. The molecule has 61 heavy (non-hydrogen) atoms. The Morgan fingerprint density at radius 2 is 1.62 bits per heavy atom. The molecule has 1 aromatic carbocycles. The zero-order chi connectivity index (χ0) is 43.8. The largest absolute Gasteiger partial charge is 0.378 e. The standard InChI is InChI=1S/C45H65N7O8S/c1-7-30-25-45(30,39(56)50-61(58,59)32-16-11-15-29-17-20-46-33(29)32)49-36(53)31-26-44(42(5,6)43(44)18-12-19-43)27-52(31)38(55)35(41(2,3)4)48-40(57)47-34(28-13-9-8-10-14-28)37(54)51-21-23-60-24-22-51/h11,15-17,20,28,30-31,34-35,46H,7-10,12-14,18-19,21-27H2,1-6H3,(H,49,53)(H,50,56)(H2,47,48,57)/t30-,31+,34+,35-,44-,45-/m1/s1. The highest BCUT2D eigenvalue weighted by Crippen LogP contribution is 2.88. The number of aromatic amines is 1. The minimum Gasteiger partial charge on any atom is -0.378 e. The maximum absolute atomic E-state index is 15.2. The Morgan fingerprint density at radius 1 is 0.918 bits per heavy atom. The van der Waals surface area contributed by atoms with Crippen LogP contribution in [0.2, 0.25) is 0 Å². The topological polar surface area (TPSA) is 199 Å². The third kappa shape index (κ3) is 7.20. The molecule has 2 spiro atoms. The second-order valence-electron chi connectivity index (χ2n) is 20.5. The molecule has 334 valence electrons. The summed E-state index contributed by atoms with van der Waals surface area (Å²) in [6, 6.07) is 3.16. The number of hydrogen-bond acceptors (Lipinski definition) is 8. The highest BCUT2D eigenvalue weighted by molar-refractivity contribution is 7.90. The maximum atomic E-state index is 15.2. The highest BCUT2D eigenvalue weighted by Gasteiger charge is 2.85. The van der Waals surface area contributed by atoms with Crippen molar-refractivity contribution < 1.29 is 37.1 Å². The van der Waals surface area contributed by atoms with Crippen LogP contribution in [-0.2, 0) is 33.9 Å². The fraction of sp³-hybridized carbons (Fsp3) is 0.711. The Morgan fingerprint density at radius 3 is 2.23 bits per heavy atom. The average molecular weight is 864 g/mol. The first-order chi connectivity index (χ1) is 28.8. The molecule has 4 saturated carbocycles. The van der Waals surface area contributed by atoms with Crippen LogP contribution < -0.4 is 20.7 Å². The lowest BCUT2D eigenvalue weighted by Gasteiger charge is -2.38. The number of amides is 6. The number of likely N-dealkylation sites (tertiary alicyclic amines) is 1. The Balaban J connectivity index is 1.05. The number of aromatic nitrogens is 1. The van der Waals surface area contributed by atoms with E-state index in [0.29, 0.717) is 56.6 Å². The molecule has 15 nitrogen and oxygen atoms in total. The Bertz CT molecular complexity index is 2180. The molecule has 5 N–H and O–H groups in total. The summed E-state index contributed by atoms with van der Waals surface area (Å²) in [7, 11) is -4.33. The number of carbonyl (C=O) groups excluding carboxylic acids is 5. The minimum absolute atomic E-state index is 0.0306. The van der Waals surface area contributed by atoms with Gasteiger partial charge in [-0.1, -0.05) is 85.8 Å². The van der Waals surface area contributed by atoms with Crippen LogP contribution in [0.3, 0.4) is 0 Å². The molecule has 2 saturated heterocycles. The summed E-state index contributed by atoms with van der Waals surface area (Å²) < 4.78 is 35.2. The molecule has 0 unspecified atom stereocenters. The summed E-state index contributed by atoms with van der Waals surface area (Å²) >= 11 is 0. The van der Waals surface area contributed by atoms with E-state index < -0.39 is 62.9 Å². The third-order valence-electron chi connectivity index (χ3n) is 16.2. The number of para-hydroxylation sites is 1. The summed E-state index contributed by atoms with van der Waals surface area (Å²) in [5.74, 6) is -2.21. The molecule has 4 aliphatic carbocycles. The van der Waals surface area contributed by atoms with E-state index in [1.807, 2.05) is 27.7 Å². The van der Waals surface area contributed by atoms with E-state index >= 15 is 4.79 Å². The molecule has 0 radical (unpaired) electrons. The van der Waals surface area contributed by atoms with Gasteiger partial charge >= 0.3 is 6.03 Å². The predicted molar refractivity (Wildman–Crippen MR) is 228 cm³/mol. The molecule has 1 aromatic heterocycles. The van der Waals surface area contributed by atoms with Gasteiger partial charge in [-0.15, -0.1) is 0 Å². The van der Waals surface area contributed by atoms with Gasteiger partial charge in [0.25, 0.3) is 15.9 Å². The van der Waals surface area contributed by atoms with Crippen molar-refractivity contribution in [3.05, 3.63) is 30.5 Å². The third-order valence-corrected chi connectivity index (χ3v) is 17.6. The van der Waals surface area contributed by atoms with E-state index in [1.54, 1.807) is 34.2 Å². The number of fused-ring (bicyclic) bond motifs is 2. The number of H-pyrrole nitrogens is 1. The van der Waals surface area contributed by atoms with Crippen LogP contribution in [0.1, 0.15) is 112 Å². The molecule has 6 aliphatic rings. The van der Waals surface area contributed by atoms with Crippen molar-refractivity contribution >= 4 is 50.6 Å². The molecular weight excluding hydrogens is 799 g/mol. The zero-order valence-electron chi connectivity index (χ0n) is 36.7. The Hall–Kier alpha value is -4.18. The van der Waals surface area contributed by atoms with Crippen molar-refractivity contribution in [2.24, 2.45) is 33.5 Å². The van der Waals surface area contributed by atoms with Crippen LogP contribution in [0.5, 0.6) is 0 Å². The van der Waals surface area contributed by atoms with Crippen molar-refractivity contribution in [2.75, 3.05) is 32.8 Å². The molecule has 0 bridgehead atoms. The van der Waals surface area contributed by atoms with Gasteiger partial charge in [0, 0.05) is 36.6 Å². The maximum Gasteiger partial charge on any atom is 0.316 e. The first kappa shape index (κ1) is 43.5. The van der Waals surface area contributed by atoms with Gasteiger partial charge in [0.15, 0.2) is 0 Å². The number of urea groups is 1. The van der Waals surface area contributed by atoms with Gasteiger partial charge in [-0.25, -0.2) is 17.9 Å². The lowest BCUT2D eigenvalue weighted by Crippen LogP contribution is -2.62. The van der Waals surface area contributed by atoms with Crippen molar-refractivity contribution in [1.29, 1.82) is 0 Å². The van der Waals surface area contributed by atoms with Gasteiger partial charge < -0.3 is 35.5 Å². The summed E-state index contributed by atoms with van der Waals surface area (Å²) in [5, 5.41) is 9.69. The first-order valence-corrected chi connectivity index (χ1v) is 24.0. The Kier molecular flexibility index (Phi) is 11.1. The highest BCUT2D eigenvalue weighted by atomic mass is 32.2. The molecule has 2 aromatic rings. The lowest BCUT2D eigenvalue weighted by atomic mass is 9.73. The summed E-state index contributed by atoms with van der Waals surface area (Å²) in [6.45, 7) is 14.0. The lowest BCUT2D eigenvalue weighted by molar-refractivity contribution is -0.142. The second kappa shape index (κ2) is 15.6. The number of carbonyl (C=O) groups is 5. The molecule has 3 heterocycles. The van der Waals surface area contributed by atoms with E-state index in [9.17, 15) is 27.6 Å². The van der Waals surface area contributed by atoms with Crippen molar-refractivity contribution in [1.82, 2.24) is 35.5 Å². The van der Waals surface area contributed by atoms with Gasteiger partial charge in [-0.2, -0.15) is 0 Å². The first-order valence-electron chi connectivity index (χ1n) is 22.5. The molecule has 16 heteroatoms. The van der Waals surface area contributed by atoms with Crippen LogP contribution >= 0.6 is 0 Å². The normalized spacial score (nSPS) is 29.1. The van der Waals surface area contributed by atoms with Crippen LogP contribution in [0.4, 0.5) is 4.79 Å². The summed E-state index contributed by atoms with van der Waals surface area (Å²) in [4.78, 5) is 78.5. The van der Waals surface area contributed by atoms with E-state index in [0.717, 1.165) is 51.4 Å². The number of benzene rings is 1. The number of nitrogens with zero attached hydrogens (tertiary/aromatic N) is 2. The van der Waals surface area contributed by atoms with E-state index in [4.69, 9.17) is 4.74 Å². The van der Waals surface area contributed by atoms with E-state index in [-0.39, 0.29) is 45.3 Å². The molecule has 6 fully saturated rings. The van der Waals surface area contributed by atoms with E-state index in [1.165, 1.54) is 6.07 Å². The fourth-order valence-corrected chi connectivity index (χ4v) is 13.4. The molecule has 6 amide bonds. The smallest absolute Gasteiger partial charge is 0.316 e. The number of hydrogen-bond donors (Lipinski definition) is 5. The summed E-state index contributed by atoms with van der Waals surface area (Å²) in [5.41, 5.74) is -2.45. The molecule has 6 atom stereocenters. The zero-order valence-corrected chi connectivity index (χ0v) is 37.5. The van der Waals surface area contributed by atoms with Gasteiger partial charge in [0.2, 0.25) is 17.7 Å². The number of sulfonamides is 1. The fourth-order valence-electron chi connectivity index (χ4n) is 12.2. The number of morpholine rings is 1. The second-order valence-corrected chi connectivity index (χ2v) is 22.1. The molecule has 2 aliphatic heterocycles. The number of ether oxygens (including phenoxy) is 1. The van der Waals surface area contributed by atoms with Crippen molar-refractivity contribution in [2.45, 2.75) is 141 Å².